The molecule has 2 heterocycles. The fourth-order valence-corrected chi connectivity index (χ4v) is 4.38. The third-order valence-corrected chi connectivity index (χ3v) is 6.33. The molecular formula is C26H20I2N2O2+2. The Morgan fingerprint density at radius 2 is 0.969 bits per heavy atom. The Balaban J connectivity index is 1.41. The zero-order valence-corrected chi connectivity index (χ0v) is 21.4. The van der Waals surface area contributed by atoms with Crippen molar-refractivity contribution >= 4 is 57.0 Å². The second kappa shape index (κ2) is 10.4. The summed E-state index contributed by atoms with van der Waals surface area (Å²) < 4.78 is 5.31. The summed E-state index contributed by atoms with van der Waals surface area (Å²) in [7, 11) is 0. The molecular weight excluding hydrogens is 626 g/mol. The van der Waals surface area contributed by atoms with Crippen molar-refractivity contribution in [3.63, 3.8) is 0 Å². The minimum Gasteiger partial charge on any atom is -0.219 e. The van der Waals surface area contributed by atoms with Crippen LogP contribution in [0.3, 0.4) is 0 Å². The van der Waals surface area contributed by atoms with Gasteiger partial charge in [0.1, 0.15) is 0 Å². The molecule has 0 aliphatic carbocycles. The SMILES string of the molecule is O=C(Cc1ccc(-c2ccc(CC(=O)[n+]3cccc(I)c3)cc2)cc1)[n+]1cccc(I)c1. The second-order valence-corrected chi connectivity index (χ2v) is 9.89. The number of carbonyl (C=O) groups is 2. The standard InChI is InChI=1S/C26H20I2N2O2/c27-23-3-1-13-29(17-23)25(31)15-19-5-9-21(10-6-19)22-11-7-20(8-12-22)16-26(32)30-14-2-4-24(28)18-30/h1-14,17-18H,15-16H2/q+2. The van der Waals surface area contributed by atoms with Crippen molar-refractivity contribution < 1.29 is 18.7 Å². The summed E-state index contributed by atoms with van der Waals surface area (Å²) in [6, 6.07) is 23.8. The van der Waals surface area contributed by atoms with Crippen molar-refractivity contribution in [1.29, 1.82) is 0 Å². The second-order valence-electron chi connectivity index (χ2n) is 7.39. The van der Waals surface area contributed by atoms with E-state index in [1.54, 1.807) is 21.5 Å². The first-order chi connectivity index (χ1) is 15.5. The van der Waals surface area contributed by atoms with Crippen molar-refractivity contribution in [2.45, 2.75) is 12.8 Å². The van der Waals surface area contributed by atoms with Gasteiger partial charge in [-0.2, -0.15) is 0 Å². The Morgan fingerprint density at radius 1 is 0.594 bits per heavy atom. The number of carbonyl (C=O) groups excluding carboxylic acids is 2. The Morgan fingerprint density at radius 3 is 1.31 bits per heavy atom. The molecule has 4 aromatic rings. The lowest BCUT2D eigenvalue weighted by molar-refractivity contribution is -0.575. The van der Waals surface area contributed by atoms with E-state index in [4.69, 9.17) is 0 Å². The van der Waals surface area contributed by atoms with Gasteiger partial charge in [-0.1, -0.05) is 48.5 Å². The van der Waals surface area contributed by atoms with Gasteiger partial charge in [-0.15, -0.1) is 9.13 Å². The molecule has 4 rings (SSSR count). The van der Waals surface area contributed by atoms with Gasteiger partial charge in [0.25, 0.3) is 0 Å². The van der Waals surface area contributed by atoms with E-state index < -0.39 is 0 Å². The fraction of sp³-hybridized carbons (Fsp3) is 0.0769. The van der Waals surface area contributed by atoms with Gasteiger partial charge in [-0.05, 0) is 79.6 Å². The normalized spacial score (nSPS) is 10.7. The van der Waals surface area contributed by atoms with Gasteiger partial charge in [0, 0.05) is 12.1 Å². The van der Waals surface area contributed by atoms with E-state index in [1.165, 1.54) is 0 Å². The molecule has 0 radical (unpaired) electrons. The molecule has 0 bridgehead atoms. The Hall–Kier alpha value is -2.46. The summed E-state index contributed by atoms with van der Waals surface area (Å²) in [6.07, 6.45) is 7.93. The number of rotatable bonds is 5. The molecule has 0 fully saturated rings. The smallest absolute Gasteiger partial charge is 0.219 e. The minimum absolute atomic E-state index is 0.0382. The number of nitrogens with zero attached hydrogens (tertiary/aromatic N) is 2. The summed E-state index contributed by atoms with van der Waals surface area (Å²) in [5.41, 5.74) is 4.10. The number of hydrogen-bond acceptors (Lipinski definition) is 2. The van der Waals surface area contributed by atoms with Crippen molar-refractivity contribution in [1.82, 2.24) is 0 Å². The van der Waals surface area contributed by atoms with Crippen molar-refractivity contribution in [3.05, 3.63) is 116 Å². The molecule has 0 spiro atoms. The highest BCUT2D eigenvalue weighted by molar-refractivity contribution is 14.1. The van der Waals surface area contributed by atoms with Crippen molar-refractivity contribution in [2.75, 3.05) is 0 Å². The van der Waals surface area contributed by atoms with Crippen molar-refractivity contribution in [3.8, 4) is 11.1 Å². The highest BCUT2D eigenvalue weighted by Gasteiger charge is 2.16. The summed E-state index contributed by atoms with van der Waals surface area (Å²) in [6.45, 7) is 0. The van der Waals surface area contributed by atoms with E-state index in [1.807, 2.05) is 85.2 Å². The number of halogens is 2. The molecule has 0 aliphatic heterocycles. The maximum absolute atomic E-state index is 12.5. The van der Waals surface area contributed by atoms with Gasteiger partial charge in [0.15, 0.2) is 24.8 Å². The summed E-state index contributed by atoms with van der Waals surface area (Å²) in [5, 5.41) is 0. The quantitative estimate of drug-likeness (QED) is 0.229. The largest absolute Gasteiger partial charge is 0.396 e. The van der Waals surface area contributed by atoms with Crippen LogP contribution >= 0.6 is 45.2 Å². The predicted octanol–water partition coefficient (Wildman–Crippen LogP) is 4.90. The van der Waals surface area contributed by atoms with Crippen LogP contribution in [0.5, 0.6) is 0 Å². The molecule has 0 atom stereocenters. The van der Waals surface area contributed by atoms with Crippen molar-refractivity contribution in [2.24, 2.45) is 0 Å². The van der Waals surface area contributed by atoms with E-state index in [2.05, 4.69) is 45.2 Å². The summed E-state index contributed by atoms with van der Waals surface area (Å²) >= 11 is 4.40. The lowest BCUT2D eigenvalue weighted by Gasteiger charge is -2.05. The number of benzene rings is 2. The van der Waals surface area contributed by atoms with E-state index in [0.717, 1.165) is 29.4 Å². The van der Waals surface area contributed by atoms with Crippen LogP contribution in [0.25, 0.3) is 11.1 Å². The maximum Gasteiger partial charge on any atom is 0.396 e. The molecule has 0 aliphatic rings. The maximum atomic E-state index is 12.5. The fourth-order valence-electron chi connectivity index (χ4n) is 3.37. The first kappa shape index (κ1) is 22.7. The molecule has 4 nitrogen and oxygen atoms in total. The third-order valence-electron chi connectivity index (χ3n) is 5.06. The Bertz CT molecular complexity index is 1170. The van der Waals surface area contributed by atoms with Crippen LogP contribution in [-0.2, 0) is 12.8 Å². The minimum atomic E-state index is 0.0382. The molecule has 2 aromatic carbocycles. The van der Waals surface area contributed by atoms with Gasteiger partial charge in [-0.25, -0.2) is 9.59 Å². The Labute approximate surface area is 214 Å². The molecule has 0 amide bonds. The number of hydrogen-bond donors (Lipinski definition) is 0. The Kier molecular flexibility index (Phi) is 7.41. The van der Waals surface area contributed by atoms with Crippen LogP contribution in [0.4, 0.5) is 0 Å². The van der Waals surface area contributed by atoms with E-state index in [9.17, 15) is 9.59 Å². The molecule has 0 saturated carbocycles. The monoisotopic (exact) mass is 646 g/mol. The van der Waals surface area contributed by atoms with Gasteiger partial charge < -0.3 is 0 Å². The molecule has 0 N–H and O–H groups in total. The predicted molar refractivity (Wildman–Crippen MR) is 139 cm³/mol. The summed E-state index contributed by atoms with van der Waals surface area (Å²) in [4.78, 5) is 25.0. The first-order valence-electron chi connectivity index (χ1n) is 10.1. The van der Waals surface area contributed by atoms with Crippen LogP contribution in [0.1, 0.15) is 20.7 Å². The van der Waals surface area contributed by atoms with Gasteiger partial charge in [0.2, 0.25) is 0 Å². The van der Waals surface area contributed by atoms with Crippen LogP contribution in [0, 0.1) is 7.14 Å². The van der Waals surface area contributed by atoms with Crippen LogP contribution in [0.15, 0.2) is 97.6 Å². The van der Waals surface area contributed by atoms with Crippen LogP contribution < -0.4 is 9.13 Å². The highest BCUT2D eigenvalue weighted by atomic mass is 127. The number of aromatic nitrogens is 2. The average molecular weight is 646 g/mol. The topological polar surface area (TPSA) is 41.9 Å². The zero-order valence-electron chi connectivity index (χ0n) is 17.1. The molecule has 158 valence electrons. The van der Waals surface area contributed by atoms with Gasteiger partial charge in [-0.3, -0.25) is 0 Å². The number of pyridine rings is 2. The molecule has 0 unspecified atom stereocenters. The molecule has 2 aromatic heterocycles. The van der Waals surface area contributed by atoms with E-state index in [0.29, 0.717) is 12.8 Å². The zero-order chi connectivity index (χ0) is 22.5. The lowest BCUT2D eigenvalue weighted by Crippen LogP contribution is -2.43. The van der Waals surface area contributed by atoms with E-state index in [-0.39, 0.29) is 11.8 Å². The van der Waals surface area contributed by atoms with Gasteiger partial charge in [0.05, 0.1) is 20.0 Å². The lowest BCUT2D eigenvalue weighted by atomic mass is 10.0. The van der Waals surface area contributed by atoms with Crippen LogP contribution in [0.2, 0.25) is 0 Å². The average Bonchev–Trinajstić information content (AvgIpc) is 2.80. The first-order valence-corrected chi connectivity index (χ1v) is 12.2. The third kappa shape index (κ3) is 5.86. The molecule has 6 heteroatoms. The highest BCUT2D eigenvalue weighted by Crippen LogP contribution is 2.21. The molecule has 0 saturated heterocycles. The van der Waals surface area contributed by atoms with E-state index >= 15 is 0 Å². The molecule has 32 heavy (non-hydrogen) atoms. The van der Waals surface area contributed by atoms with Crippen LogP contribution in [-0.4, -0.2) is 11.8 Å². The summed E-state index contributed by atoms with van der Waals surface area (Å²) in [5.74, 6) is 0.0764. The van der Waals surface area contributed by atoms with Gasteiger partial charge >= 0.3 is 11.8 Å².